The first kappa shape index (κ1) is 17.7. The van der Waals surface area contributed by atoms with Crippen molar-refractivity contribution in [3.63, 3.8) is 0 Å². The number of thioether (sulfide) groups is 1. The summed E-state index contributed by atoms with van der Waals surface area (Å²) in [6.07, 6.45) is 0. The number of nitrogens with zero attached hydrogens (tertiary/aromatic N) is 2. The van der Waals surface area contributed by atoms with Crippen LogP contribution in [0.15, 0.2) is 53.9 Å². The van der Waals surface area contributed by atoms with Gasteiger partial charge in [0.15, 0.2) is 0 Å². The van der Waals surface area contributed by atoms with E-state index in [0.717, 1.165) is 16.3 Å². The van der Waals surface area contributed by atoms with Crippen LogP contribution in [-0.2, 0) is 17.1 Å². The van der Waals surface area contributed by atoms with Gasteiger partial charge in [-0.1, -0.05) is 36.4 Å². The Bertz CT molecular complexity index is 801. The Morgan fingerprint density at radius 1 is 1.24 bits per heavy atom. The summed E-state index contributed by atoms with van der Waals surface area (Å²) in [6, 6.07) is 15.9. The minimum absolute atomic E-state index is 0.0306. The Labute approximate surface area is 154 Å². The predicted octanol–water partition coefficient (Wildman–Crippen LogP) is 3.48. The molecule has 0 spiro atoms. The number of aromatic nitrogens is 2. The molecule has 0 atom stereocenters. The van der Waals surface area contributed by atoms with E-state index in [1.165, 1.54) is 5.56 Å². The fraction of sp³-hybridized carbons (Fsp3) is 0.222. The minimum atomic E-state index is -0.0715. The van der Waals surface area contributed by atoms with E-state index in [4.69, 9.17) is 0 Å². The zero-order valence-electron chi connectivity index (χ0n) is 13.6. The summed E-state index contributed by atoms with van der Waals surface area (Å²) >= 11 is 3.16. The minimum Gasteiger partial charge on any atom is -0.394 e. The van der Waals surface area contributed by atoms with E-state index in [9.17, 15) is 9.90 Å². The fourth-order valence-corrected chi connectivity index (χ4v) is 3.81. The molecule has 2 N–H and O–H groups in total. The summed E-state index contributed by atoms with van der Waals surface area (Å²) in [5.41, 5.74) is 2.00. The highest BCUT2D eigenvalue weighted by molar-refractivity contribution is 7.99. The summed E-state index contributed by atoms with van der Waals surface area (Å²) in [6.45, 7) is 0.315. The van der Waals surface area contributed by atoms with Crippen molar-refractivity contribution in [1.82, 2.24) is 9.78 Å². The number of rotatable bonds is 8. The molecule has 1 amide bonds. The second-order valence-electron chi connectivity index (χ2n) is 5.37. The number of nitrogens with one attached hydrogen (secondary N) is 1. The van der Waals surface area contributed by atoms with Crippen molar-refractivity contribution in [2.45, 2.75) is 12.3 Å². The van der Waals surface area contributed by atoms with Gasteiger partial charge in [-0.05, 0) is 17.0 Å². The molecule has 0 bridgehead atoms. The van der Waals surface area contributed by atoms with Gasteiger partial charge in [0.25, 0.3) is 0 Å². The van der Waals surface area contributed by atoms with Crippen molar-refractivity contribution in [3.05, 3.63) is 59.5 Å². The van der Waals surface area contributed by atoms with Gasteiger partial charge in [-0.25, -0.2) is 4.68 Å². The quantitative estimate of drug-likeness (QED) is 0.634. The van der Waals surface area contributed by atoms with Gasteiger partial charge >= 0.3 is 0 Å². The van der Waals surface area contributed by atoms with Crippen LogP contribution in [0.3, 0.4) is 0 Å². The van der Waals surface area contributed by atoms with E-state index in [1.807, 2.05) is 41.8 Å². The third-order valence-electron chi connectivity index (χ3n) is 3.48. The highest BCUT2D eigenvalue weighted by atomic mass is 32.2. The lowest BCUT2D eigenvalue weighted by atomic mass is 10.2. The SMILES string of the molecule is O=C(CSCc1ccccc1)Nc1cc(-c2cccs2)nn1CCO. The summed E-state index contributed by atoms with van der Waals surface area (Å²) in [5, 5.41) is 18.6. The van der Waals surface area contributed by atoms with Crippen molar-refractivity contribution in [1.29, 1.82) is 0 Å². The molecule has 0 fully saturated rings. The average molecular weight is 374 g/mol. The van der Waals surface area contributed by atoms with E-state index >= 15 is 0 Å². The largest absolute Gasteiger partial charge is 0.394 e. The topological polar surface area (TPSA) is 67.2 Å². The van der Waals surface area contributed by atoms with Crippen LogP contribution < -0.4 is 5.32 Å². The predicted molar refractivity (Wildman–Crippen MR) is 104 cm³/mol. The Morgan fingerprint density at radius 2 is 2.08 bits per heavy atom. The number of anilines is 1. The zero-order chi connectivity index (χ0) is 17.5. The number of hydrogen-bond acceptors (Lipinski definition) is 5. The number of carbonyl (C=O) groups is 1. The molecule has 130 valence electrons. The number of aliphatic hydroxyl groups is 1. The number of carbonyl (C=O) groups excluding carboxylic acids is 1. The van der Waals surface area contributed by atoms with Crippen molar-refractivity contribution >= 4 is 34.8 Å². The molecule has 3 aromatic rings. The number of hydrogen-bond donors (Lipinski definition) is 2. The van der Waals surface area contributed by atoms with Crippen LogP contribution in [0.4, 0.5) is 5.82 Å². The number of benzene rings is 1. The summed E-state index contributed by atoms with van der Waals surface area (Å²) in [7, 11) is 0. The van der Waals surface area contributed by atoms with E-state index in [-0.39, 0.29) is 12.5 Å². The second kappa shape index (κ2) is 8.84. The van der Waals surface area contributed by atoms with Gasteiger partial charge in [0.05, 0.1) is 23.8 Å². The molecule has 0 aliphatic carbocycles. The lowest BCUT2D eigenvalue weighted by Crippen LogP contribution is -2.18. The van der Waals surface area contributed by atoms with Gasteiger partial charge < -0.3 is 10.4 Å². The van der Waals surface area contributed by atoms with Crippen LogP contribution in [-0.4, -0.2) is 33.2 Å². The van der Waals surface area contributed by atoms with Crippen LogP contribution in [0.25, 0.3) is 10.6 Å². The summed E-state index contributed by atoms with van der Waals surface area (Å²) in [4.78, 5) is 13.3. The molecular weight excluding hydrogens is 354 g/mol. The van der Waals surface area contributed by atoms with Crippen molar-refractivity contribution in [3.8, 4) is 10.6 Å². The number of amides is 1. The Morgan fingerprint density at radius 3 is 2.80 bits per heavy atom. The summed E-state index contributed by atoms with van der Waals surface area (Å²) in [5.74, 6) is 1.71. The van der Waals surface area contributed by atoms with Crippen molar-refractivity contribution in [2.75, 3.05) is 17.7 Å². The van der Waals surface area contributed by atoms with Crippen LogP contribution in [0.2, 0.25) is 0 Å². The first-order valence-corrected chi connectivity index (χ1v) is 9.94. The molecular formula is C18H19N3O2S2. The maximum absolute atomic E-state index is 12.2. The molecule has 5 nitrogen and oxygen atoms in total. The smallest absolute Gasteiger partial charge is 0.235 e. The molecule has 1 aromatic carbocycles. The molecule has 7 heteroatoms. The van der Waals surface area contributed by atoms with Crippen LogP contribution in [0.5, 0.6) is 0 Å². The lowest BCUT2D eigenvalue weighted by Gasteiger charge is -2.07. The Kier molecular flexibility index (Phi) is 6.27. The van der Waals surface area contributed by atoms with E-state index < -0.39 is 0 Å². The highest BCUT2D eigenvalue weighted by Gasteiger charge is 2.12. The fourth-order valence-electron chi connectivity index (χ4n) is 2.34. The van der Waals surface area contributed by atoms with Crippen LogP contribution in [0, 0.1) is 0 Å². The third-order valence-corrected chi connectivity index (χ3v) is 5.37. The maximum atomic E-state index is 12.2. The molecule has 25 heavy (non-hydrogen) atoms. The van der Waals surface area contributed by atoms with Gasteiger partial charge in [0.1, 0.15) is 11.5 Å². The Balaban J connectivity index is 1.60. The molecule has 2 heterocycles. The summed E-state index contributed by atoms with van der Waals surface area (Å²) < 4.78 is 1.63. The highest BCUT2D eigenvalue weighted by Crippen LogP contribution is 2.26. The molecule has 0 aliphatic rings. The van der Waals surface area contributed by atoms with Gasteiger partial charge in [-0.2, -0.15) is 5.10 Å². The molecule has 0 saturated heterocycles. The van der Waals surface area contributed by atoms with Crippen molar-refractivity contribution in [2.24, 2.45) is 0 Å². The maximum Gasteiger partial charge on any atom is 0.235 e. The van der Waals surface area contributed by atoms with Gasteiger partial charge in [0.2, 0.25) is 5.91 Å². The third kappa shape index (κ3) is 4.94. The van der Waals surface area contributed by atoms with Crippen LogP contribution in [0.1, 0.15) is 5.56 Å². The first-order valence-electron chi connectivity index (χ1n) is 7.90. The zero-order valence-corrected chi connectivity index (χ0v) is 15.2. The van der Waals surface area contributed by atoms with Crippen LogP contribution >= 0.6 is 23.1 Å². The lowest BCUT2D eigenvalue weighted by molar-refractivity contribution is -0.113. The molecule has 0 saturated carbocycles. The van der Waals surface area contributed by atoms with E-state index in [2.05, 4.69) is 22.5 Å². The number of thiophene rings is 1. The molecule has 0 radical (unpaired) electrons. The van der Waals surface area contributed by atoms with E-state index in [0.29, 0.717) is 18.1 Å². The monoisotopic (exact) mass is 373 g/mol. The second-order valence-corrected chi connectivity index (χ2v) is 7.30. The van der Waals surface area contributed by atoms with E-state index in [1.54, 1.807) is 27.8 Å². The molecule has 0 unspecified atom stereocenters. The average Bonchev–Trinajstić information content (AvgIpc) is 3.27. The molecule has 0 aliphatic heterocycles. The number of aliphatic hydroxyl groups excluding tert-OH is 1. The van der Waals surface area contributed by atoms with Gasteiger partial charge in [-0.3, -0.25) is 4.79 Å². The Hall–Kier alpha value is -2.09. The molecule has 2 aromatic heterocycles. The van der Waals surface area contributed by atoms with Gasteiger partial charge in [0, 0.05) is 11.8 Å². The first-order chi connectivity index (χ1) is 12.3. The van der Waals surface area contributed by atoms with Gasteiger partial charge in [-0.15, -0.1) is 23.1 Å². The standard InChI is InChI=1S/C18H19N3O2S2/c22-9-8-21-17(11-15(20-21)16-7-4-10-25-16)19-18(23)13-24-12-14-5-2-1-3-6-14/h1-7,10-11,22H,8-9,12-13H2,(H,19,23). The van der Waals surface area contributed by atoms with Crippen molar-refractivity contribution < 1.29 is 9.90 Å². The normalized spacial score (nSPS) is 10.8. The molecule has 3 rings (SSSR count).